The van der Waals surface area contributed by atoms with Gasteiger partial charge in [0.05, 0.1) is 18.2 Å². The first kappa shape index (κ1) is 22.0. The van der Waals surface area contributed by atoms with Gasteiger partial charge in [0, 0.05) is 17.8 Å². The molecule has 0 unspecified atom stereocenters. The van der Waals surface area contributed by atoms with E-state index in [9.17, 15) is 13.6 Å². The third-order valence-electron chi connectivity index (χ3n) is 4.14. The smallest absolute Gasteiger partial charge is 0.387 e. The molecule has 3 rings (SSSR count). The Hall–Kier alpha value is -3.65. The molecule has 0 radical (unpaired) electrons. The van der Waals surface area contributed by atoms with Crippen LogP contribution in [0.25, 0.3) is 11.4 Å². The number of halogens is 2. The number of alkyl halides is 2. The van der Waals surface area contributed by atoms with Crippen LogP contribution in [0.3, 0.4) is 0 Å². The lowest BCUT2D eigenvalue weighted by Crippen LogP contribution is -2.33. The van der Waals surface area contributed by atoms with Gasteiger partial charge in [0.1, 0.15) is 5.75 Å². The van der Waals surface area contributed by atoms with Crippen molar-refractivity contribution in [1.29, 1.82) is 5.26 Å². The molecule has 0 fully saturated rings. The maximum absolute atomic E-state index is 12.8. The van der Waals surface area contributed by atoms with Crippen LogP contribution in [-0.4, -0.2) is 39.7 Å². The van der Waals surface area contributed by atoms with Gasteiger partial charge in [-0.15, -0.1) is 10.2 Å². The largest absolute Gasteiger partial charge is 0.435 e. The second kappa shape index (κ2) is 10.4. The molecule has 160 valence electrons. The highest BCUT2D eigenvalue weighted by Crippen LogP contribution is 2.25. The molecular formula is C20H18F2N6O2S. The van der Waals surface area contributed by atoms with Gasteiger partial charge in [-0.05, 0) is 36.4 Å². The Labute approximate surface area is 181 Å². The molecule has 0 saturated carbocycles. The summed E-state index contributed by atoms with van der Waals surface area (Å²) in [6, 6.07) is 16.9. The molecule has 1 heterocycles. The second-order valence-electron chi connectivity index (χ2n) is 6.16. The van der Waals surface area contributed by atoms with Crippen LogP contribution in [0.1, 0.15) is 6.42 Å². The zero-order valence-corrected chi connectivity index (χ0v) is 17.0. The monoisotopic (exact) mass is 444 g/mol. The predicted molar refractivity (Wildman–Crippen MR) is 112 cm³/mol. The van der Waals surface area contributed by atoms with Gasteiger partial charge in [-0.25, -0.2) is 4.68 Å². The summed E-state index contributed by atoms with van der Waals surface area (Å²) in [7, 11) is 0. The van der Waals surface area contributed by atoms with Gasteiger partial charge >= 0.3 is 6.61 Å². The molecule has 1 aromatic heterocycles. The van der Waals surface area contributed by atoms with Crippen molar-refractivity contribution in [2.45, 2.75) is 18.2 Å². The Kier molecular flexibility index (Phi) is 7.40. The van der Waals surface area contributed by atoms with E-state index < -0.39 is 6.61 Å². The van der Waals surface area contributed by atoms with Crippen LogP contribution in [0.15, 0.2) is 59.8 Å². The minimum absolute atomic E-state index is 0.0143. The highest BCUT2D eigenvalue weighted by Gasteiger charge is 2.19. The fourth-order valence-corrected chi connectivity index (χ4v) is 3.46. The number of anilines is 1. The summed E-state index contributed by atoms with van der Waals surface area (Å²) in [4.78, 5) is 14.3. The van der Waals surface area contributed by atoms with Gasteiger partial charge in [-0.1, -0.05) is 30.0 Å². The van der Waals surface area contributed by atoms with Crippen molar-refractivity contribution in [3.05, 3.63) is 54.6 Å². The van der Waals surface area contributed by atoms with Crippen molar-refractivity contribution >= 4 is 23.4 Å². The van der Waals surface area contributed by atoms with E-state index in [1.165, 1.54) is 33.8 Å². The number of nitrogens with two attached hydrogens (primary N) is 1. The first-order valence-electron chi connectivity index (χ1n) is 9.10. The molecule has 3 aromatic rings. The van der Waals surface area contributed by atoms with E-state index in [0.29, 0.717) is 22.2 Å². The molecule has 8 nitrogen and oxygen atoms in total. The maximum Gasteiger partial charge on any atom is 0.387 e. The first-order chi connectivity index (χ1) is 15.0. The van der Waals surface area contributed by atoms with Gasteiger partial charge in [-0.2, -0.15) is 14.0 Å². The number of nitriles is 1. The molecular weight excluding hydrogens is 426 g/mol. The average molecular weight is 444 g/mol. The fourth-order valence-electron chi connectivity index (χ4n) is 2.73. The number of ether oxygens (including phenoxy) is 1. The number of nitrogens with zero attached hydrogens (tertiary/aromatic N) is 5. The molecule has 0 bridgehead atoms. The van der Waals surface area contributed by atoms with Crippen molar-refractivity contribution in [1.82, 2.24) is 14.9 Å². The number of hydrogen-bond donors (Lipinski definition) is 1. The van der Waals surface area contributed by atoms with Crippen LogP contribution in [0.2, 0.25) is 0 Å². The Balaban J connectivity index is 1.68. The minimum atomic E-state index is -2.91. The fraction of sp³-hybridized carbons (Fsp3) is 0.200. The predicted octanol–water partition coefficient (Wildman–Crippen LogP) is 3.30. The number of aromatic nitrogens is 3. The number of carbonyl (C=O) groups excluding carboxylic acids is 1. The minimum Gasteiger partial charge on any atom is -0.435 e. The topological polar surface area (TPSA) is 110 Å². The lowest BCUT2D eigenvalue weighted by Gasteiger charge is -2.21. The summed E-state index contributed by atoms with van der Waals surface area (Å²) >= 11 is 1.11. The average Bonchev–Trinajstić information content (AvgIpc) is 3.13. The number of para-hydroxylation sites is 1. The van der Waals surface area contributed by atoms with Gasteiger partial charge in [0.15, 0.2) is 5.82 Å². The van der Waals surface area contributed by atoms with Gasteiger partial charge < -0.3 is 15.5 Å². The molecule has 0 aliphatic rings. The molecule has 0 aliphatic heterocycles. The Bertz CT molecular complexity index is 1050. The molecule has 2 aromatic carbocycles. The van der Waals surface area contributed by atoms with E-state index in [2.05, 4.69) is 14.9 Å². The van der Waals surface area contributed by atoms with Gasteiger partial charge in [0.25, 0.3) is 0 Å². The van der Waals surface area contributed by atoms with Crippen molar-refractivity contribution in [3.63, 3.8) is 0 Å². The lowest BCUT2D eigenvalue weighted by molar-refractivity contribution is -0.116. The highest BCUT2D eigenvalue weighted by atomic mass is 32.2. The van der Waals surface area contributed by atoms with Crippen LogP contribution < -0.4 is 15.5 Å². The maximum atomic E-state index is 12.8. The quantitative estimate of drug-likeness (QED) is 0.398. The number of rotatable bonds is 9. The lowest BCUT2D eigenvalue weighted by atomic mass is 10.2. The van der Waals surface area contributed by atoms with Crippen molar-refractivity contribution in [3.8, 4) is 23.2 Å². The van der Waals surface area contributed by atoms with Crippen molar-refractivity contribution < 1.29 is 18.3 Å². The van der Waals surface area contributed by atoms with E-state index in [1.54, 1.807) is 12.1 Å². The Morgan fingerprint density at radius 2 is 1.90 bits per heavy atom. The van der Waals surface area contributed by atoms with Crippen LogP contribution in [0, 0.1) is 11.3 Å². The number of amides is 1. The first-order valence-corrected chi connectivity index (χ1v) is 10.1. The Morgan fingerprint density at radius 3 is 2.55 bits per heavy atom. The number of carbonyl (C=O) groups is 1. The highest BCUT2D eigenvalue weighted by molar-refractivity contribution is 7.99. The summed E-state index contributed by atoms with van der Waals surface area (Å²) in [5.74, 6) is 6.22. The number of nitrogen functional groups attached to an aromatic ring is 1. The van der Waals surface area contributed by atoms with Crippen LogP contribution in [-0.2, 0) is 4.79 Å². The molecule has 1 amide bonds. The molecule has 11 heteroatoms. The second-order valence-corrected chi connectivity index (χ2v) is 7.10. The number of thioether (sulfide) groups is 1. The molecule has 31 heavy (non-hydrogen) atoms. The molecule has 0 atom stereocenters. The van der Waals surface area contributed by atoms with E-state index in [4.69, 9.17) is 11.1 Å². The van der Waals surface area contributed by atoms with E-state index in [1.807, 2.05) is 24.3 Å². The summed E-state index contributed by atoms with van der Waals surface area (Å²) in [5, 5.41) is 17.2. The zero-order chi connectivity index (χ0) is 22.2. The third kappa shape index (κ3) is 5.70. The zero-order valence-electron chi connectivity index (χ0n) is 16.2. The normalized spacial score (nSPS) is 10.6. The SMILES string of the molecule is N#CCCN(C(=O)CSc1nnc(-c2ccc(OC(F)F)cc2)n1N)c1ccccc1. The standard InChI is InChI=1S/C20H18F2N6O2S/c21-19(22)30-16-9-7-14(8-10-16)18-25-26-20(28(18)24)31-13-17(29)27(12-4-11-23)15-5-2-1-3-6-15/h1-3,5-10,19H,4,12-13,24H2. The number of hydrogen-bond acceptors (Lipinski definition) is 7. The van der Waals surface area contributed by atoms with Crippen LogP contribution in [0.4, 0.5) is 14.5 Å². The van der Waals surface area contributed by atoms with E-state index >= 15 is 0 Å². The van der Waals surface area contributed by atoms with Crippen LogP contribution in [0.5, 0.6) is 5.75 Å². The molecule has 0 aliphatic carbocycles. The Morgan fingerprint density at radius 1 is 1.19 bits per heavy atom. The molecule has 0 saturated heterocycles. The summed E-state index contributed by atoms with van der Waals surface area (Å²) in [5.41, 5.74) is 1.25. The van der Waals surface area contributed by atoms with Crippen molar-refractivity contribution in [2.75, 3.05) is 23.0 Å². The number of benzene rings is 2. The third-order valence-corrected chi connectivity index (χ3v) is 5.07. The molecule has 2 N–H and O–H groups in total. The van der Waals surface area contributed by atoms with Gasteiger partial charge in [-0.3, -0.25) is 4.79 Å². The van der Waals surface area contributed by atoms with Crippen LogP contribution >= 0.6 is 11.8 Å². The van der Waals surface area contributed by atoms with Gasteiger partial charge in [0.2, 0.25) is 11.1 Å². The van der Waals surface area contributed by atoms with E-state index in [-0.39, 0.29) is 30.4 Å². The summed E-state index contributed by atoms with van der Waals surface area (Å²) in [6.07, 6.45) is 0.202. The van der Waals surface area contributed by atoms with E-state index in [0.717, 1.165) is 11.8 Å². The van der Waals surface area contributed by atoms with Crippen molar-refractivity contribution in [2.24, 2.45) is 0 Å². The summed E-state index contributed by atoms with van der Waals surface area (Å²) in [6.45, 7) is -2.64. The summed E-state index contributed by atoms with van der Waals surface area (Å²) < 4.78 is 30.1. The molecule has 0 spiro atoms.